The number of primary amides is 1. The van der Waals surface area contributed by atoms with Crippen LogP contribution in [0.3, 0.4) is 0 Å². The minimum absolute atomic E-state index is 0.0711. The molecule has 1 saturated heterocycles. The average molecular weight is 559 g/mol. The fourth-order valence-electron chi connectivity index (χ4n) is 6.35. The highest BCUT2D eigenvalue weighted by atomic mass is 35.5. The smallest absolute Gasteiger partial charge is 0.240 e. The zero-order valence-electron chi connectivity index (χ0n) is 21.9. The molecule has 0 radical (unpaired) electrons. The third-order valence-corrected chi connectivity index (χ3v) is 8.52. The second-order valence-electron chi connectivity index (χ2n) is 10.7. The van der Waals surface area contributed by atoms with Crippen molar-refractivity contribution < 1.29 is 19.5 Å². The number of nitrogens with two attached hydrogens (primary N) is 1. The summed E-state index contributed by atoms with van der Waals surface area (Å²) in [7, 11) is 0. The summed E-state index contributed by atoms with van der Waals surface area (Å²) < 4.78 is 0. The number of halogens is 2. The van der Waals surface area contributed by atoms with Crippen molar-refractivity contribution in [2.75, 3.05) is 11.9 Å². The van der Waals surface area contributed by atoms with Gasteiger partial charge in [0.1, 0.15) is 11.5 Å². The molecule has 2 aromatic rings. The van der Waals surface area contributed by atoms with Gasteiger partial charge in [-0.05, 0) is 48.7 Å². The molecule has 0 aliphatic carbocycles. The third-order valence-electron chi connectivity index (χ3n) is 8.05. The van der Waals surface area contributed by atoms with E-state index >= 15 is 0 Å². The summed E-state index contributed by atoms with van der Waals surface area (Å²) in [5, 5.41) is 14.2. The van der Waals surface area contributed by atoms with Crippen LogP contribution in [0.4, 0.5) is 5.69 Å². The predicted molar refractivity (Wildman–Crippen MR) is 149 cm³/mol. The Bertz CT molecular complexity index is 1320. The number of nitrogens with one attached hydrogen (secondary N) is 1. The second-order valence-corrected chi connectivity index (χ2v) is 11.6. The van der Waals surface area contributed by atoms with E-state index in [0.717, 1.165) is 11.1 Å². The van der Waals surface area contributed by atoms with Crippen molar-refractivity contribution in [2.45, 2.75) is 64.0 Å². The lowest BCUT2D eigenvalue weighted by Gasteiger charge is -2.55. The van der Waals surface area contributed by atoms with Gasteiger partial charge in [-0.25, -0.2) is 0 Å². The molecule has 0 saturated carbocycles. The number of aliphatic hydroxyl groups is 1. The number of piperidine rings is 1. The molecule has 3 amide bonds. The number of hydrogen-bond acceptors (Lipinski definition) is 4. The molecule has 4 N–H and O–H groups in total. The summed E-state index contributed by atoms with van der Waals surface area (Å²) in [6.45, 7) is 6.78. The van der Waals surface area contributed by atoms with Crippen LogP contribution in [0.5, 0.6) is 0 Å². The van der Waals surface area contributed by atoms with Gasteiger partial charge in [-0.3, -0.25) is 14.4 Å². The number of allylic oxidation sites excluding steroid dienone is 1. The maximum atomic E-state index is 14.4. The summed E-state index contributed by atoms with van der Waals surface area (Å²) >= 11 is 12.7. The Kier molecular flexibility index (Phi) is 7.67. The first-order chi connectivity index (χ1) is 17.9. The minimum atomic E-state index is -1.32. The monoisotopic (exact) mass is 557 g/mol. The maximum Gasteiger partial charge on any atom is 0.240 e. The van der Waals surface area contributed by atoms with Crippen LogP contribution in [-0.2, 0) is 19.8 Å². The van der Waals surface area contributed by atoms with Gasteiger partial charge in [0.05, 0.1) is 12.6 Å². The highest BCUT2D eigenvalue weighted by Crippen LogP contribution is 2.58. The number of likely N-dealkylation sites (tertiary alicyclic amines) is 1. The Morgan fingerprint density at radius 3 is 2.50 bits per heavy atom. The molecule has 4 rings (SSSR count). The van der Waals surface area contributed by atoms with Gasteiger partial charge in [-0.15, -0.1) is 0 Å². The summed E-state index contributed by atoms with van der Waals surface area (Å²) in [5.74, 6) is -2.00. The first-order valence-corrected chi connectivity index (χ1v) is 13.4. The van der Waals surface area contributed by atoms with E-state index in [4.69, 9.17) is 28.9 Å². The number of carbonyl (C=O) groups is 3. The number of nitrogens with zero attached hydrogens (tertiary/aromatic N) is 1. The number of rotatable bonds is 7. The molecule has 2 aliphatic rings. The number of amides is 3. The largest absolute Gasteiger partial charge is 0.396 e. The van der Waals surface area contributed by atoms with Crippen LogP contribution in [0.1, 0.15) is 57.6 Å². The van der Waals surface area contributed by atoms with Gasteiger partial charge in [-0.2, -0.15) is 0 Å². The number of anilines is 1. The number of benzene rings is 2. The first-order valence-electron chi connectivity index (χ1n) is 12.7. The van der Waals surface area contributed by atoms with Crippen molar-refractivity contribution in [3.8, 4) is 0 Å². The van der Waals surface area contributed by atoms with E-state index in [2.05, 4.69) is 5.32 Å². The van der Waals surface area contributed by atoms with Gasteiger partial charge in [0, 0.05) is 33.5 Å². The van der Waals surface area contributed by atoms with E-state index in [1.54, 1.807) is 44.2 Å². The highest BCUT2D eigenvalue weighted by molar-refractivity contribution is 6.31. The van der Waals surface area contributed by atoms with E-state index in [-0.39, 0.29) is 18.2 Å². The van der Waals surface area contributed by atoms with E-state index in [1.807, 2.05) is 32.1 Å². The summed E-state index contributed by atoms with van der Waals surface area (Å²) in [4.78, 5) is 43.0. The van der Waals surface area contributed by atoms with Crippen LogP contribution in [0.25, 0.3) is 0 Å². The van der Waals surface area contributed by atoms with Gasteiger partial charge in [0.15, 0.2) is 0 Å². The molecule has 2 heterocycles. The van der Waals surface area contributed by atoms with Crippen LogP contribution in [-0.4, -0.2) is 46.4 Å². The predicted octanol–water partition coefficient (Wildman–Crippen LogP) is 4.80. The van der Waals surface area contributed by atoms with Crippen molar-refractivity contribution in [1.82, 2.24) is 4.90 Å². The van der Waals surface area contributed by atoms with Crippen LogP contribution < -0.4 is 11.1 Å². The van der Waals surface area contributed by atoms with Crippen LogP contribution in [0.2, 0.25) is 10.0 Å². The lowest BCUT2D eigenvalue weighted by atomic mass is 9.57. The Hall–Kier alpha value is -2.87. The standard InChI is InChI=1S/C29H33Cl2N3O4/c1-5-16(6-2)24-29(20-11-10-19(31)13-22(20)33-27(29)38)21(17-8-7-9-18(30)12-17)14-23(36)34(24)25(26(32)37)28(3,4)15-35/h5,7-13,21,24-25,35H,6,14-15H2,1-4H3,(H2,32,37)(H,33,38)/t21-,24+,25?,29-/m0/s1. The number of hydrogen-bond donors (Lipinski definition) is 3. The minimum Gasteiger partial charge on any atom is -0.396 e. The first kappa shape index (κ1) is 28.1. The van der Waals surface area contributed by atoms with Gasteiger partial charge < -0.3 is 21.1 Å². The summed E-state index contributed by atoms with van der Waals surface area (Å²) in [6.07, 6.45) is 2.33. The zero-order valence-corrected chi connectivity index (χ0v) is 23.4. The molecule has 4 atom stereocenters. The molecule has 2 aromatic carbocycles. The SMILES string of the molecule is CC=C(CC)[C@H]1N(C(C(N)=O)C(C)(C)CO)C(=O)C[C@@H](c2cccc(Cl)c2)[C@]12C(=O)Nc1cc(Cl)ccc12. The molecular formula is C29H33Cl2N3O4. The van der Waals surface area contributed by atoms with Crippen molar-refractivity contribution in [3.63, 3.8) is 0 Å². The van der Waals surface area contributed by atoms with E-state index < -0.39 is 41.3 Å². The Balaban J connectivity index is 2.13. The van der Waals surface area contributed by atoms with Crippen molar-refractivity contribution in [3.05, 3.63) is 75.3 Å². The van der Waals surface area contributed by atoms with E-state index in [0.29, 0.717) is 27.7 Å². The fraction of sp³-hybridized carbons (Fsp3) is 0.414. The second kappa shape index (κ2) is 10.4. The topological polar surface area (TPSA) is 113 Å². The molecule has 1 spiro atoms. The quantitative estimate of drug-likeness (QED) is 0.424. The number of aliphatic hydroxyl groups excluding tert-OH is 1. The molecule has 202 valence electrons. The molecule has 2 aliphatic heterocycles. The van der Waals surface area contributed by atoms with Crippen LogP contribution >= 0.6 is 23.2 Å². The molecule has 7 nitrogen and oxygen atoms in total. The molecule has 1 unspecified atom stereocenters. The lowest BCUT2D eigenvalue weighted by molar-refractivity contribution is -0.157. The normalized spacial score (nSPS) is 24.4. The third kappa shape index (κ3) is 4.31. The van der Waals surface area contributed by atoms with E-state index in [1.165, 1.54) is 4.90 Å². The Morgan fingerprint density at radius 2 is 1.92 bits per heavy atom. The van der Waals surface area contributed by atoms with Crippen LogP contribution in [0.15, 0.2) is 54.1 Å². The van der Waals surface area contributed by atoms with Gasteiger partial charge in [-0.1, -0.05) is 73.8 Å². The van der Waals surface area contributed by atoms with Crippen molar-refractivity contribution in [1.29, 1.82) is 0 Å². The van der Waals surface area contributed by atoms with Crippen molar-refractivity contribution in [2.24, 2.45) is 11.1 Å². The zero-order chi connectivity index (χ0) is 28.0. The van der Waals surface area contributed by atoms with E-state index in [9.17, 15) is 19.5 Å². The molecule has 38 heavy (non-hydrogen) atoms. The van der Waals surface area contributed by atoms with Gasteiger partial charge in [0.25, 0.3) is 0 Å². The number of carbonyl (C=O) groups excluding carboxylic acids is 3. The van der Waals surface area contributed by atoms with Gasteiger partial charge in [0.2, 0.25) is 17.7 Å². The molecule has 9 heteroatoms. The molecule has 0 bridgehead atoms. The summed E-state index contributed by atoms with van der Waals surface area (Å²) in [5.41, 5.74) is 6.30. The van der Waals surface area contributed by atoms with Gasteiger partial charge >= 0.3 is 0 Å². The fourth-order valence-corrected chi connectivity index (χ4v) is 6.72. The highest BCUT2D eigenvalue weighted by Gasteiger charge is 2.65. The van der Waals surface area contributed by atoms with Crippen LogP contribution in [0, 0.1) is 5.41 Å². The van der Waals surface area contributed by atoms with Crippen molar-refractivity contribution >= 4 is 46.6 Å². The maximum absolute atomic E-state index is 14.4. The Labute approximate surface area is 233 Å². The molecular weight excluding hydrogens is 525 g/mol. The molecule has 0 aromatic heterocycles. The lowest BCUT2D eigenvalue weighted by Crippen LogP contribution is -2.70. The molecule has 1 fully saturated rings. The average Bonchev–Trinajstić information content (AvgIpc) is 3.13. The Morgan fingerprint density at radius 1 is 1.24 bits per heavy atom. The number of fused-ring (bicyclic) bond motifs is 2. The summed E-state index contributed by atoms with van der Waals surface area (Å²) in [6, 6.07) is 10.4.